The van der Waals surface area contributed by atoms with Crippen molar-refractivity contribution in [1.82, 2.24) is 10.2 Å². The summed E-state index contributed by atoms with van der Waals surface area (Å²) in [4.78, 5) is 14.6. The van der Waals surface area contributed by atoms with Crippen LogP contribution in [0.15, 0.2) is 30.3 Å². The van der Waals surface area contributed by atoms with Gasteiger partial charge in [0.1, 0.15) is 12.2 Å². The third-order valence-corrected chi connectivity index (χ3v) is 6.32. The van der Waals surface area contributed by atoms with Gasteiger partial charge in [-0.05, 0) is 40.2 Å². The van der Waals surface area contributed by atoms with Crippen LogP contribution in [0.4, 0.5) is 0 Å². The van der Waals surface area contributed by atoms with E-state index in [0.717, 1.165) is 6.54 Å². The standard InChI is InChI=1S/C21H32N2O3/c1-14-18-19(26-21(4,5)20(2,3)25-18)16(12-17(24)22-6)23(14)13-15-10-8-7-9-11-15/h7-11,14,16,18-19H,12-13H2,1-6H3,(H,22,24)/t14-,16-,18-,19-/m1/s1. The van der Waals surface area contributed by atoms with Gasteiger partial charge in [0, 0.05) is 32.1 Å². The van der Waals surface area contributed by atoms with Crippen LogP contribution in [0.2, 0.25) is 0 Å². The number of hydrogen-bond donors (Lipinski definition) is 1. The molecule has 0 radical (unpaired) electrons. The Morgan fingerprint density at radius 2 is 1.65 bits per heavy atom. The van der Waals surface area contributed by atoms with E-state index in [1.165, 1.54) is 5.56 Å². The van der Waals surface area contributed by atoms with Crippen LogP contribution in [0.25, 0.3) is 0 Å². The average Bonchev–Trinajstić information content (AvgIpc) is 2.80. The van der Waals surface area contributed by atoms with Gasteiger partial charge in [0.25, 0.3) is 0 Å². The molecule has 0 saturated carbocycles. The molecular weight excluding hydrogens is 328 g/mol. The molecule has 2 aliphatic rings. The second-order valence-corrected chi connectivity index (χ2v) is 8.53. The van der Waals surface area contributed by atoms with Gasteiger partial charge in [-0.25, -0.2) is 0 Å². The molecule has 1 aromatic rings. The maximum atomic E-state index is 12.2. The quantitative estimate of drug-likeness (QED) is 0.897. The van der Waals surface area contributed by atoms with E-state index in [9.17, 15) is 4.79 Å². The number of rotatable bonds is 4. The van der Waals surface area contributed by atoms with E-state index in [0.29, 0.717) is 6.42 Å². The Hall–Kier alpha value is -1.43. The molecule has 26 heavy (non-hydrogen) atoms. The van der Waals surface area contributed by atoms with Crippen LogP contribution in [0, 0.1) is 0 Å². The second-order valence-electron chi connectivity index (χ2n) is 8.53. The topological polar surface area (TPSA) is 50.8 Å². The summed E-state index contributed by atoms with van der Waals surface area (Å²) in [6, 6.07) is 10.5. The van der Waals surface area contributed by atoms with Crippen LogP contribution in [0.3, 0.4) is 0 Å². The van der Waals surface area contributed by atoms with Crippen molar-refractivity contribution in [2.75, 3.05) is 7.05 Å². The van der Waals surface area contributed by atoms with E-state index < -0.39 is 5.60 Å². The van der Waals surface area contributed by atoms with Crippen LogP contribution >= 0.6 is 0 Å². The van der Waals surface area contributed by atoms with E-state index >= 15 is 0 Å². The van der Waals surface area contributed by atoms with Crippen LogP contribution in [0.5, 0.6) is 0 Å². The molecule has 0 aromatic heterocycles. The van der Waals surface area contributed by atoms with Crippen molar-refractivity contribution in [2.24, 2.45) is 0 Å². The summed E-state index contributed by atoms with van der Waals surface area (Å²) in [5.74, 6) is 0.0344. The molecule has 1 N–H and O–H groups in total. The van der Waals surface area contributed by atoms with Crippen LogP contribution < -0.4 is 5.32 Å². The van der Waals surface area contributed by atoms with Gasteiger partial charge in [0.2, 0.25) is 5.91 Å². The maximum Gasteiger partial charge on any atom is 0.221 e. The summed E-state index contributed by atoms with van der Waals surface area (Å²) in [5.41, 5.74) is 0.429. The predicted molar refractivity (Wildman–Crippen MR) is 102 cm³/mol. The number of nitrogens with one attached hydrogen (secondary N) is 1. The zero-order valence-electron chi connectivity index (χ0n) is 16.8. The highest BCUT2D eigenvalue weighted by atomic mass is 16.6. The molecule has 4 atom stereocenters. The molecular formula is C21H32N2O3. The van der Waals surface area contributed by atoms with Crippen molar-refractivity contribution in [3.63, 3.8) is 0 Å². The normalized spacial score (nSPS) is 32.8. The summed E-state index contributed by atoms with van der Waals surface area (Å²) in [6.45, 7) is 11.3. The summed E-state index contributed by atoms with van der Waals surface area (Å²) in [5, 5.41) is 2.76. The first-order valence-electron chi connectivity index (χ1n) is 9.52. The maximum absolute atomic E-state index is 12.2. The second kappa shape index (κ2) is 6.95. The number of nitrogens with zero attached hydrogens (tertiary/aromatic N) is 1. The highest BCUT2D eigenvalue weighted by Gasteiger charge is 2.58. The van der Waals surface area contributed by atoms with Gasteiger partial charge >= 0.3 is 0 Å². The number of hydrogen-bond acceptors (Lipinski definition) is 4. The number of likely N-dealkylation sites (tertiary alicyclic amines) is 1. The third-order valence-electron chi connectivity index (χ3n) is 6.32. The summed E-state index contributed by atoms with van der Waals surface area (Å²) in [7, 11) is 1.69. The largest absolute Gasteiger partial charge is 0.365 e. The van der Waals surface area contributed by atoms with Crippen LogP contribution in [0.1, 0.15) is 46.6 Å². The number of ether oxygens (including phenoxy) is 2. The molecule has 2 heterocycles. The highest BCUT2D eigenvalue weighted by molar-refractivity contribution is 5.76. The van der Waals surface area contributed by atoms with Gasteiger partial charge in [-0.3, -0.25) is 9.69 Å². The number of carbonyl (C=O) groups excluding carboxylic acids is 1. The smallest absolute Gasteiger partial charge is 0.221 e. The SMILES string of the molecule is CNC(=O)C[C@@H]1[C@H]2OC(C)(C)C(C)(C)O[C@@H]2[C@@H](C)N1Cc1ccccc1. The van der Waals surface area contributed by atoms with Gasteiger partial charge in [-0.2, -0.15) is 0 Å². The van der Waals surface area contributed by atoms with Gasteiger partial charge in [0.15, 0.2) is 0 Å². The minimum atomic E-state index is -0.419. The van der Waals surface area contributed by atoms with E-state index in [2.05, 4.69) is 69.1 Å². The van der Waals surface area contributed by atoms with Gasteiger partial charge < -0.3 is 14.8 Å². The summed E-state index contributed by atoms with van der Waals surface area (Å²) in [6.07, 6.45) is 0.250. The van der Waals surface area contributed by atoms with Crippen molar-refractivity contribution >= 4 is 5.91 Å². The first-order chi connectivity index (χ1) is 12.2. The predicted octanol–water partition coefficient (Wildman–Crippen LogP) is 2.74. The number of fused-ring (bicyclic) bond motifs is 1. The third kappa shape index (κ3) is 3.40. The molecule has 2 saturated heterocycles. The zero-order chi connectivity index (χ0) is 19.1. The molecule has 0 bridgehead atoms. The van der Waals surface area contributed by atoms with Gasteiger partial charge in [-0.15, -0.1) is 0 Å². The van der Waals surface area contributed by atoms with E-state index in [1.807, 2.05) is 6.07 Å². The Labute approximate surface area is 157 Å². The van der Waals surface area contributed by atoms with Crippen molar-refractivity contribution in [1.29, 1.82) is 0 Å². The minimum Gasteiger partial charge on any atom is -0.365 e. The molecule has 5 nitrogen and oxygen atoms in total. The highest BCUT2D eigenvalue weighted by Crippen LogP contribution is 2.45. The Balaban J connectivity index is 1.91. The fourth-order valence-electron chi connectivity index (χ4n) is 4.03. The Bertz CT molecular complexity index is 644. The van der Waals surface area contributed by atoms with Gasteiger partial charge in [-0.1, -0.05) is 30.3 Å². The molecule has 5 heteroatoms. The van der Waals surface area contributed by atoms with Crippen molar-refractivity contribution in [3.05, 3.63) is 35.9 Å². The van der Waals surface area contributed by atoms with Crippen molar-refractivity contribution in [2.45, 2.75) is 83.1 Å². The lowest BCUT2D eigenvalue weighted by atomic mass is 9.85. The fraction of sp³-hybridized carbons (Fsp3) is 0.667. The molecule has 2 aliphatic heterocycles. The van der Waals surface area contributed by atoms with E-state index in [4.69, 9.17) is 9.47 Å². The molecule has 144 valence electrons. The van der Waals surface area contributed by atoms with Crippen LogP contribution in [-0.4, -0.2) is 53.3 Å². The molecule has 0 spiro atoms. The molecule has 1 aromatic carbocycles. The molecule has 1 amide bonds. The monoisotopic (exact) mass is 360 g/mol. The number of carbonyl (C=O) groups is 1. The number of amides is 1. The fourth-order valence-corrected chi connectivity index (χ4v) is 4.03. The van der Waals surface area contributed by atoms with Crippen molar-refractivity contribution < 1.29 is 14.3 Å². The lowest BCUT2D eigenvalue weighted by molar-refractivity contribution is -0.289. The summed E-state index contributed by atoms with van der Waals surface area (Å²) < 4.78 is 13.1. The lowest BCUT2D eigenvalue weighted by Gasteiger charge is -2.51. The molecule has 0 unspecified atom stereocenters. The lowest BCUT2D eigenvalue weighted by Crippen LogP contribution is -2.62. The zero-order valence-corrected chi connectivity index (χ0v) is 16.8. The first-order valence-corrected chi connectivity index (χ1v) is 9.52. The van der Waals surface area contributed by atoms with E-state index in [-0.39, 0.29) is 35.8 Å². The molecule has 2 fully saturated rings. The average molecular weight is 360 g/mol. The Kier molecular flexibility index (Phi) is 5.17. The van der Waals surface area contributed by atoms with Crippen molar-refractivity contribution in [3.8, 4) is 0 Å². The summed E-state index contributed by atoms with van der Waals surface area (Å²) >= 11 is 0. The Morgan fingerprint density at radius 1 is 1.08 bits per heavy atom. The Morgan fingerprint density at radius 3 is 2.23 bits per heavy atom. The van der Waals surface area contributed by atoms with E-state index in [1.54, 1.807) is 7.05 Å². The molecule has 3 rings (SSSR count). The molecule has 0 aliphatic carbocycles. The minimum absolute atomic E-state index is 0.00877. The van der Waals surface area contributed by atoms with Gasteiger partial charge in [0.05, 0.1) is 11.2 Å². The van der Waals surface area contributed by atoms with Crippen LogP contribution in [-0.2, 0) is 20.8 Å². The number of benzene rings is 1. The first kappa shape index (κ1) is 19.3.